The van der Waals surface area contributed by atoms with E-state index in [1.54, 1.807) is 30.5 Å². The second-order valence-electron chi connectivity index (χ2n) is 7.55. The van der Waals surface area contributed by atoms with Gasteiger partial charge in [-0.3, -0.25) is 19.3 Å². The molecule has 0 unspecified atom stereocenters. The van der Waals surface area contributed by atoms with Crippen molar-refractivity contribution in [2.75, 3.05) is 11.9 Å². The summed E-state index contributed by atoms with van der Waals surface area (Å²) in [4.78, 5) is 44.0. The first-order valence-electron chi connectivity index (χ1n) is 10.3. The van der Waals surface area contributed by atoms with Crippen LogP contribution in [0.25, 0.3) is 10.8 Å². The SMILES string of the molecule is O=C(Cc1cccc2ccccc12)Nc1ncc(CCN2C(=O)c3ccccc3C2=O)s1. The number of thiazole rings is 1. The molecule has 7 heteroatoms. The molecule has 6 nitrogen and oxygen atoms in total. The molecule has 0 saturated carbocycles. The smallest absolute Gasteiger partial charge is 0.261 e. The van der Waals surface area contributed by atoms with Crippen molar-refractivity contribution in [1.82, 2.24) is 9.88 Å². The van der Waals surface area contributed by atoms with E-state index in [4.69, 9.17) is 0 Å². The minimum Gasteiger partial charge on any atom is -0.302 e. The van der Waals surface area contributed by atoms with E-state index in [1.807, 2.05) is 42.5 Å². The molecule has 1 N–H and O–H groups in total. The number of carbonyl (C=O) groups excluding carboxylic acids is 3. The molecule has 32 heavy (non-hydrogen) atoms. The normalized spacial score (nSPS) is 12.9. The van der Waals surface area contributed by atoms with Crippen LogP contribution < -0.4 is 5.32 Å². The van der Waals surface area contributed by atoms with Gasteiger partial charge in [0.1, 0.15) is 0 Å². The number of hydrogen-bond donors (Lipinski definition) is 1. The van der Waals surface area contributed by atoms with Gasteiger partial charge in [0.2, 0.25) is 5.91 Å². The van der Waals surface area contributed by atoms with Crippen LogP contribution in [0.4, 0.5) is 5.13 Å². The van der Waals surface area contributed by atoms with Crippen LogP contribution in [0.3, 0.4) is 0 Å². The van der Waals surface area contributed by atoms with Crippen LogP contribution >= 0.6 is 11.3 Å². The molecule has 1 aliphatic heterocycles. The monoisotopic (exact) mass is 441 g/mol. The predicted molar refractivity (Wildman–Crippen MR) is 124 cm³/mol. The summed E-state index contributed by atoms with van der Waals surface area (Å²) in [5.41, 5.74) is 1.86. The van der Waals surface area contributed by atoms with Crippen molar-refractivity contribution in [3.05, 3.63) is 94.5 Å². The lowest BCUT2D eigenvalue weighted by Gasteiger charge is -2.12. The van der Waals surface area contributed by atoms with Crippen molar-refractivity contribution in [1.29, 1.82) is 0 Å². The minimum atomic E-state index is -0.265. The Labute approximate surface area is 188 Å². The summed E-state index contributed by atoms with van der Waals surface area (Å²) in [6.07, 6.45) is 2.42. The van der Waals surface area contributed by atoms with Crippen molar-refractivity contribution in [2.24, 2.45) is 0 Å². The fraction of sp³-hybridized carbons (Fsp3) is 0.120. The molecule has 0 bridgehead atoms. The molecular formula is C25H19N3O3S. The van der Waals surface area contributed by atoms with Gasteiger partial charge in [0.15, 0.2) is 5.13 Å². The van der Waals surface area contributed by atoms with E-state index in [0.29, 0.717) is 22.7 Å². The number of hydrogen-bond acceptors (Lipinski definition) is 5. The molecule has 0 saturated heterocycles. The highest BCUT2D eigenvalue weighted by Crippen LogP contribution is 2.25. The molecule has 0 spiro atoms. The van der Waals surface area contributed by atoms with E-state index < -0.39 is 0 Å². The van der Waals surface area contributed by atoms with E-state index >= 15 is 0 Å². The molecule has 0 atom stereocenters. The van der Waals surface area contributed by atoms with E-state index in [0.717, 1.165) is 21.2 Å². The van der Waals surface area contributed by atoms with Crippen LogP contribution in [0.1, 0.15) is 31.2 Å². The molecule has 1 aliphatic rings. The summed E-state index contributed by atoms with van der Waals surface area (Å²) in [6.45, 7) is 0.276. The lowest BCUT2D eigenvalue weighted by Crippen LogP contribution is -2.31. The molecule has 0 fully saturated rings. The van der Waals surface area contributed by atoms with E-state index in [-0.39, 0.29) is 30.7 Å². The number of rotatable bonds is 6. The third-order valence-electron chi connectivity index (χ3n) is 5.49. The van der Waals surface area contributed by atoms with Gasteiger partial charge in [-0.05, 0) is 28.5 Å². The average Bonchev–Trinajstić information content (AvgIpc) is 3.35. The first kappa shape index (κ1) is 20.1. The molecule has 3 amide bonds. The van der Waals surface area contributed by atoms with Gasteiger partial charge in [0.25, 0.3) is 11.8 Å². The maximum Gasteiger partial charge on any atom is 0.261 e. The van der Waals surface area contributed by atoms with Crippen LogP contribution in [0.2, 0.25) is 0 Å². The zero-order chi connectivity index (χ0) is 22.1. The van der Waals surface area contributed by atoms with Crippen LogP contribution in [-0.4, -0.2) is 34.2 Å². The van der Waals surface area contributed by atoms with Crippen LogP contribution in [0.5, 0.6) is 0 Å². The lowest BCUT2D eigenvalue weighted by molar-refractivity contribution is -0.115. The average molecular weight is 442 g/mol. The fourth-order valence-electron chi connectivity index (χ4n) is 3.93. The van der Waals surface area contributed by atoms with Crippen molar-refractivity contribution in [3.8, 4) is 0 Å². The molecule has 0 aliphatic carbocycles. The van der Waals surface area contributed by atoms with Crippen LogP contribution in [0.15, 0.2) is 72.9 Å². The second kappa shape index (κ2) is 8.36. The fourth-order valence-corrected chi connectivity index (χ4v) is 4.75. The highest BCUT2D eigenvalue weighted by molar-refractivity contribution is 7.15. The highest BCUT2D eigenvalue weighted by atomic mass is 32.1. The van der Waals surface area contributed by atoms with Gasteiger partial charge in [0.05, 0.1) is 17.5 Å². The van der Waals surface area contributed by atoms with Crippen molar-refractivity contribution >= 4 is 45.0 Å². The van der Waals surface area contributed by atoms with Crippen LogP contribution in [0, 0.1) is 0 Å². The summed E-state index contributed by atoms with van der Waals surface area (Å²) >= 11 is 1.35. The molecular weight excluding hydrogens is 422 g/mol. The number of imide groups is 1. The van der Waals surface area contributed by atoms with E-state index in [9.17, 15) is 14.4 Å². The van der Waals surface area contributed by atoms with E-state index in [1.165, 1.54) is 16.2 Å². The molecule has 3 aromatic carbocycles. The Hall–Kier alpha value is -3.84. The predicted octanol–water partition coefficient (Wildman–Crippen LogP) is 4.32. The Kier molecular flexibility index (Phi) is 5.25. The highest BCUT2D eigenvalue weighted by Gasteiger charge is 2.34. The number of benzene rings is 3. The number of aromatic nitrogens is 1. The maximum atomic E-state index is 12.6. The molecule has 5 rings (SSSR count). The van der Waals surface area contributed by atoms with Crippen LogP contribution in [-0.2, 0) is 17.6 Å². The standard InChI is InChI=1S/C25H19N3O3S/c29-22(14-17-8-5-7-16-6-1-2-9-19(16)17)27-25-26-15-18(32-25)12-13-28-23(30)20-10-3-4-11-21(20)24(28)31/h1-11,15H,12-14H2,(H,26,27,29). The van der Waals surface area contributed by atoms with Gasteiger partial charge in [-0.15, -0.1) is 11.3 Å². The summed E-state index contributed by atoms with van der Waals surface area (Å²) in [7, 11) is 0. The Morgan fingerprint density at radius 1 is 0.906 bits per heavy atom. The lowest BCUT2D eigenvalue weighted by atomic mass is 10.0. The molecule has 4 aromatic rings. The van der Waals surface area contributed by atoms with Gasteiger partial charge in [-0.1, -0.05) is 54.6 Å². The van der Waals surface area contributed by atoms with Crippen molar-refractivity contribution in [3.63, 3.8) is 0 Å². The summed E-state index contributed by atoms with van der Waals surface area (Å²) < 4.78 is 0. The Bertz CT molecular complexity index is 1320. The zero-order valence-electron chi connectivity index (χ0n) is 17.1. The van der Waals surface area contributed by atoms with Crippen molar-refractivity contribution < 1.29 is 14.4 Å². The Balaban J connectivity index is 1.21. The molecule has 1 aromatic heterocycles. The van der Waals surface area contributed by atoms with Gasteiger partial charge in [0, 0.05) is 24.0 Å². The summed E-state index contributed by atoms with van der Waals surface area (Å²) in [6, 6.07) is 20.8. The van der Waals surface area contributed by atoms with Crippen molar-refractivity contribution in [2.45, 2.75) is 12.8 Å². The topological polar surface area (TPSA) is 79.4 Å². The quantitative estimate of drug-likeness (QED) is 0.452. The summed E-state index contributed by atoms with van der Waals surface area (Å²) in [5, 5.41) is 5.52. The first-order valence-corrected chi connectivity index (χ1v) is 11.1. The van der Waals surface area contributed by atoms with Gasteiger partial charge in [-0.2, -0.15) is 0 Å². The number of nitrogens with one attached hydrogen (secondary N) is 1. The second-order valence-corrected chi connectivity index (χ2v) is 8.67. The molecule has 0 radical (unpaired) electrons. The van der Waals surface area contributed by atoms with Gasteiger partial charge < -0.3 is 5.32 Å². The molecule has 158 valence electrons. The third-order valence-corrected chi connectivity index (χ3v) is 6.46. The third kappa shape index (κ3) is 3.78. The Morgan fingerprint density at radius 3 is 2.38 bits per heavy atom. The maximum absolute atomic E-state index is 12.6. The minimum absolute atomic E-state index is 0.136. The first-order chi connectivity index (χ1) is 15.6. The van der Waals surface area contributed by atoms with Gasteiger partial charge >= 0.3 is 0 Å². The number of anilines is 1. The molecule has 2 heterocycles. The number of fused-ring (bicyclic) bond motifs is 2. The summed E-state index contributed by atoms with van der Waals surface area (Å²) in [5.74, 6) is -0.667. The zero-order valence-corrected chi connectivity index (χ0v) is 17.9. The number of carbonyl (C=O) groups is 3. The number of nitrogens with zero attached hydrogens (tertiary/aromatic N) is 2. The Morgan fingerprint density at radius 2 is 1.59 bits per heavy atom. The largest absolute Gasteiger partial charge is 0.302 e. The number of amides is 3. The van der Waals surface area contributed by atoms with E-state index in [2.05, 4.69) is 10.3 Å². The van der Waals surface area contributed by atoms with Gasteiger partial charge in [-0.25, -0.2) is 4.98 Å².